The van der Waals surface area contributed by atoms with Crippen molar-refractivity contribution in [3.8, 4) is 0 Å². The van der Waals surface area contributed by atoms with Gasteiger partial charge in [0.15, 0.2) is 0 Å². The summed E-state index contributed by atoms with van der Waals surface area (Å²) in [5.41, 5.74) is 10.7. The molecule has 0 aliphatic rings. The molecule has 0 saturated carbocycles. The molecular formula is C8H9KN2O2. The Morgan fingerprint density at radius 1 is 0.923 bits per heavy atom. The maximum Gasteiger partial charge on any atom is 1.00 e. The Morgan fingerprint density at radius 2 is 1.15 bits per heavy atom. The number of hydrogen-bond donors (Lipinski definition) is 2. The Labute approximate surface area is 120 Å². The Bertz CT molecular complexity index is 294. The molecule has 0 unspecified atom stereocenters. The molecule has 1 aromatic rings. The average Bonchev–Trinajstić information content (AvgIpc) is 2.04. The molecule has 5 heteroatoms. The van der Waals surface area contributed by atoms with Gasteiger partial charge in [0.05, 0.1) is 0 Å². The standard InChI is InChI=1S/C8H8N2O2.K.H/c9-7(11)5-1-2-6(4-3-5)8(10)12;;/h1-4H,(H2,9,11)(H2,10,12);;/q;+1;-1. The van der Waals surface area contributed by atoms with Gasteiger partial charge >= 0.3 is 51.4 Å². The molecule has 0 radical (unpaired) electrons. The van der Waals surface area contributed by atoms with Gasteiger partial charge < -0.3 is 12.9 Å². The largest absolute Gasteiger partial charge is 1.00 e. The van der Waals surface area contributed by atoms with E-state index in [1.54, 1.807) is 0 Å². The van der Waals surface area contributed by atoms with Crippen LogP contribution in [0.2, 0.25) is 0 Å². The average molecular weight is 204 g/mol. The van der Waals surface area contributed by atoms with E-state index in [1.165, 1.54) is 24.3 Å². The molecule has 0 aliphatic carbocycles. The van der Waals surface area contributed by atoms with Gasteiger partial charge in [-0.15, -0.1) is 0 Å². The Morgan fingerprint density at radius 3 is 1.31 bits per heavy atom. The van der Waals surface area contributed by atoms with Crippen molar-refractivity contribution in [3.05, 3.63) is 35.4 Å². The Hall–Kier alpha value is -0.204. The molecule has 4 N–H and O–H groups in total. The molecule has 0 atom stereocenters. The molecule has 0 saturated heterocycles. The Balaban J connectivity index is 0. The number of carbonyl (C=O) groups excluding carboxylic acids is 2. The van der Waals surface area contributed by atoms with E-state index >= 15 is 0 Å². The van der Waals surface area contributed by atoms with Crippen LogP contribution in [0.4, 0.5) is 0 Å². The third-order valence-corrected chi connectivity index (χ3v) is 1.45. The monoisotopic (exact) mass is 204 g/mol. The number of carbonyl (C=O) groups is 2. The van der Waals surface area contributed by atoms with Gasteiger partial charge in [0.2, 0.25) is 11.8 Å². The van der Waals surface area contributed by atoms with E-state index in [-0.39, 0.29) is 52.8 Å². The van der Waals surface area contributed by atoms with Crippen molar-refractivity contribution < 1.29 is 62.4 Å². The summed E-state index contributed by atoms with van der Waals surface area (Å²) in [7, 11) is 0. The van der Waals surface area contributed by atoms with Crippen molar-refractivity contribution in [3.63, 3.8) is 0 Å². The summed E-state index contributed by atoms with van der Waals surface area (Å²) in [6.45, 7) is 0. The maximum atomic E-state index is 10.6. The first kappa shape index (κ1) is 12.8. The molecule has 0 fully saturated rings. The van der Waals surface area contributed by atoms with E-state index in [0.717, 1.165) is 0 Å². The quantitative estimate of drug-likeness (QED) is 0.503. The van der Waals surface area contributed by atoms with E-state index in [4.69, 9.17) is 11.5 Å². The molecule has 0 aliphatic heterocycles. The number of rotatable bonds is 2. The van der Waals surface area contributed by atoms with Crippen LogP contribution in [0.25, 0.3) is 0 Å². The number of nitrogens with two attached hydrogens (primary N) is 2. The summed E-state index contributed by atoms with van der Waals surface area (Å²) in [5.74, 6) is -1.04. The third kappa shape index (κ3) is 3.57. The molecule has 2 amide bonds. The van der Waals surface area contributed by atoms with Gasteiger partial charge in [-0.1, -0.05) is 0 Å². The SMILES string of the molecule is NC(=O)c1ccc(C(N)=O)cc1.[H-].[K+]. The fraction of sp³-hybridized carbons (Fsp3) is 0. The summed E-state index contributed by atoms with van der Waals surface area (Å²) >= 11 is 0. The van der Waals surface area contributed by atoms with Crippen molar-refractivity contribution in [2.24, 2.45) is 11.5 Å². The molecule has 0 spiro atoms. The van der Waals surface area contributed by atoms with Crippen LogP contribution in [0.5, 0.6) is 0 Å². The van der Waals surface area contributed by atoms with Crippen molar-refractivity contribution in [2.75, 3.05) is 0 Å². The number of primary amides is 2. The second-order valence-electron chi connectivity index (χ2n) is 2.31. The second kappa shape index (κ2) is 5.51. The first-order valence-electron chi connectivity index (χ1n) is 3.31. The van der Waals surface area contributed by atoms with Crippen molar-refractivity contribution >= 4 is 11.8 Å². The van der Waals surface area contributed by atoms with Gasteiger partial charge in [-0.25, -0.2) is 0 Å². The molecule has 1 aromatic carbocycles. The van der Waals surface area contributed by atoms with Gasteiger partial charge in [-0.3, -0.25) is 9.59 Å². The van der Waals surface area contributed by atoms with E-state index in [0.29, 0.717) is 11.1 Å². The van der Waals surface area contributed by atoms with Crippen LogP contribution in [-0.2, 0) is 0 Å². The predicted octanol–water partition coefficient (Wildman–Crippen LogP) is -3.00. The van der Waals surface area contributed by atoms with Gasteiger partial charge in [-0.05, 0) is 24.3 Å². The summed E-state index contributed by atoms with van der Waals surface area (Å²) in [6, 6.07) is 5.84. The molecule has 4 nitrogen and oxygen atoms in total. The molecule has 0 aromatic heterocycles. The molecule has 0 bridgehead atoms. The number of benzene rings is 1. The minimum atomic E-state index is -0.522. The van der Waals surface area contributed by atoms with Crippen molar-refractivity contribution in [1.82, 2.24) is 0 Å². The third-order valence-electron chi connectivity index (χ3n) is 1.45. The van der Waals surface area contributed by atoms with Crippen LogP contribution in [0.1, 0.15) is 22.1 Å². The molecule has 1 rings (SSSR count). The van der Waals surface area contributed by atoms with E-state index in [9.17, 15) is 9.59 Å². The van der Waals surface area contributed by atoms with Crippen LogP contribution < -0.4 is 62.9 Å². The second-order valence-corrected chi connectivity index (χ2v) is 2.31. The number of amides is 2. The maximum absolute atomic E-state index is 10.6. The fourth-order valence-electron chi connectivity index (χ4n) is 0.799. The van der Waals surface area contributed by atoms with E-state index < -0.39 is 11.8 Å². The summed E-state index contributed by atoms with van der Waals surface area (Å²) < 4.78 is 0. The molecular weight excluding hydrogens is 195 g/mol. The van der Waals surface area contributed by atoms with Crippen LogP contribution in [-0.4, -0.2) is 11.8 Å². The normalized spacial score (nSPS) is 8.62. The van der Waals surface area contributed by atoms with Gasteiger partial charge in [0, 0.05) is 11.1 Å². The minimum absolute atomic E-state index is 0. The van der Waals surface area contributed by atoms with Crippen molar-refractivity contribution in [2.45, 2.75) is 0 Å². The topological polar surface area (TPSA) is 86.2 Å². The Kier molecular flexibility index (Phi) is 5.42. The van der Waals surface area contributed by atoms with Crippen molar-refractivity contribution in [1.29, 1.82) is 0 Å². The predicted molar refractivity (Wildman–Crippen MR) is 44.6 cm³/mol. The zero-order chi connectivity index (χ0) is 9.14. The minimum Gasteiger partial charge on any atom is -1.00 e. The summed E-state index contributed by atoms with van der Waals surface area (Å²) in [5, 5.41) is 0. The first-order chi connectivity index (χ1) is 5.61. The summed E-state index contributed by atoms with van der Waals surface area (Å²) in [4.78, 5) is 21.2. The first-order valence-corrected chi connectivity index (χ1v) is 3.31. The zero-order valence-corrected chi connectivity index (χ0v) is 10.4. The zero-order valence-electron chi connectivity index (χ0n) is 8.28. The smallest absolute Gasteiger partial charge is 1.00 e. The van der Waals surface area contributed by atoms with Gasteiger partial charge in [-0.2, -0.15) is 0 Å². The van der Waals surface area contributed by atoms with Gasteiger partial charge in [0.25, 0.3) is 0 Å². The van der Waals surface area contributed by atoms with Crippen LogP contribution in [0.15, 0.2) is 24.3 Å². The van der Waals surface area contributed by atoms with Crippen LogP contribution in [0, 0.1) is 0 Å². The molecule has 64 valence electrons. The number of hydrogen-bond acceptors (Lipinski definition) is 2. The van der Waals surface area contributed by atoms with Gasteiger partial charge in [0.1, 0.15) is 0 Å². The van der Waals surface area contributed by atoms with Crippen LogP contribution >= 0.6 is 0 Å². The molecule has 13 heavy (non-hydrogen) atoms. The van der Waals surface area contributed by atoms with E-state index in [2.05, 4.69) is 0 Å². The van der Waals surface area contributed by atoms with E-state index in [1.807, 2.05) is 0 Å². The molecule has 0 heterocycles. The summed E-state index contributed by atoms with van der Waals surface area (Å²) in [6.07, 6.45) is 0. The van der Waals surface area contributed by atoms with Crippen LogP contribution in [0.3, 0.4) is 0 Å². The fourth-order valence-corrected chi connectivity index (χ4v) is 0.799.